The van der Waals surface area contributed by atoms with Crippen molar-refractivity contribution in [1.82, 2.24) is 19.5 Å². The van der Waals surface area contributed by atoms with E-state index >= 15 is 0 Å². The van der Waals surface area contributed by atoms with E-state index in [0.29, 0.717) is 16.9 Å². The molecule has 264 valence electrons. The minimum atomic E-state index is 0.367. The Bertz CT molecular complexity index is 2760. The number of para-hydroxylation sites is 1. The molecule has 0 amide bonds. The Hall–Kier alpha value is -6.38. The van der Waals surface area contributed by atoms with Gasteiger partial charge in [0.15, 0.2) is 11.5 Å². The minimum Gasteiger partial charge on any atom is -0.309 e. The third kappa shape index (κ3) is 5.47. The Balaban J connectivity index is 0.992. The predicted molar refractivity (Wildman–Crippen MR) is 222 cm³/mol. The van der Waals surface area contributed by atoms with Crippen molar-refractivity contribution in [2.45, 2.75) is 43.9 Å². The van der Waals surface area contributed by atoms with Crippen LogP contribution in [0.15, 0.2) is 146 Å². The maximum atomic E-state index is 7.44. The quantitative estimate of drug-likeness (QED) is 0.162. The van der Waals surface area contributed by atoms with Crippen molar-refractivity contribution in [1.29, 1.82) is 0 Å². The van der Waals surface area contributed by atoms with E-state index in [0.717, 1.165) is 73.7 Å². The van der Waals surface area contributed by atoms with Crippen LogP contribution in [0.25, 0.3) is 77.4 Å². The van der Waals surface area contributed by atoms with Crippen molar-refractivity contribution < 1.29 is 0 Å². The molecule has 4 aliphatic rings. The van der Waals surface area contributed by atoms with Gasteiger partial charge in [0.1, 0.15) is 0 Å². The molecule has 4 bridgehead atoms. The van der Waals surface area contributed by atoms with Gasteiger partial charge in [0.25, 0.3) is 0 Å². The van der Waals surface area contributed by atoms with Crippen LogP contribution in [0, 0.1) is 24.3 Å². The van der Waals surface area contributed by atoms with Gasteiger partial charge in [0.2, 0.25) is 0 Å². The fourth-order valence-electron chi connectivity index (χ4n) is 10.8. The van der Waals surface area contributed by atoms with E-state index in [1.807, 2.05) is 42.6 Å². The molecule has 4 saturated carbocycles. The highest BCUT2D eigenvalue weighted by Crippen LogP contribution is 2.60. The predicted octanol–water partition coefficient (Wildman–Crippen LogP) is 12.7. The molecule has 4 aliphatic carbocycles. The molecule has 0 spiro atoms. The molecule has 0 N–H and O–H groups in total. The lowest BCUT2D eigenvalue weighted by Crippen LogP contribution is -2.48. The molecule has 0 radical (unpaired) electrons. The zero-order valence-corrected chi connectivity index (χ0v) is 30.6. The second-order valence-electron chi connectivity index (χ2n) is 16.3. The molecule has 3 aromatic heterocycles. The van der Waals surface area contributed by atoms with E-state index in [2.05, 4.69) is 111 Å². The average Bonchev–Trinajstić information content (AvgIpc) is 3.57. The van der Waals surface area contributed by atoms with Crippen LogP contribution in [0.4, 0.5) is 5.69 Å². The van der Waals surface area contributed by atoms with Gasteiger partial charge in [-0.25, -0.2) is 14.8 Å². The maximum Gasteiger partial charge on any atom is 0.187 e. The van der Waals surface area contributed by atoms with Crippen molar-refractivity contribution in [3.63, 3.8) is 0 Å². The van der Waals surface area contributed by atoms with Crippen molar-refractivity contribution in [2.75, 3.05) is 0 Å². The van der Waals surface area contributed by atoms with Crippen LogP contribution in [-0.2, 0) is 5.41 Å². The topological polar surface area (TPSA) is 48.0 Å². The van der Waals surface area contributed by atoms with Crippen molar-refractivity contribution in [3.05, 3.63) is 163 Å². The maximum absolute atomic E-state index is 7.44. The first kappa shape index (κ1) is 32.1. The van der Waals surface area contributed by atoms with Crippen LogP contribution < -0.4 is 0 Å². The average molecular weight is 710 g/mol. The molecular weight excluding hydrogens is 671 g/mol. The van der Waals surface area contributed by atoms with Crippen molar-refractivity contribution in [3.8, 4) is 50.7 Å². The van der Waals surface area contributed by atoms with Crippen molar-refractivity contribution in [2.24, 2.45) is 17.8 Å². The second kappa shape index (κ2) is 12.6. The zero-order chi connectivity index (χ0) is 36.5. The third-order valence-electron chi connectivity index (χ3n) is 12.9. The number of nitrogens with zero attached hydrogens (tertiary/aromatic N) is 5. The molecule has 5 aromatic carbocycles. The molecular formula is C50H39N5. The first-order chi connectivity index (χ1) is 27.1. The molecule has 12 rings (SSSR count). The van der Waals surface area contributed by atoms with E-state index in [4.69, 9.17) is 16.5 Å². The van der Waals surface area contributed by atoms with Crippen LogP contribution in [0.2, 0.25) is 0 Å². The van der Waals surface area contributed by atoms with Crippen LogP contribution >= 0.6 is 0 Å². The van der Waals surface area contributed by atoms with Crippen LogP contribution in [0.3, 0.4) is 0 Å². The summed E-state index contributed by atoms with van der Waals surface area (Å²) in [6.45, 7) is 7.44. The van der Waals surface area contributed by atoms with Crippen LogP contribution in [0.1, 0.15) is 44.1 Å². The lowest BCUT2D eigenvalue weighted by molar-refractivity contribution is -0.00518. The summed E-state index contributed by atoms with van der Waals surface area (Å²) >= 11 is 0. The summed E-state index contributed by atoms with van der Waals surface area (Å²) in [5.41, 5.74) is 12.9. The van der Waals surface area contributed by atoms with E-state index in [1.54, 1.807) is 6.20 Å². The smallest absolute Gasteiger partial charge is 0.187 e. The number of fused-ring (bicyclic) bond motifs is 3. The Morgan fingerprint density at radius 3 is 1.95 bits per heavy atom. The lowest BCUT2D eigenvalue weighted by Gasteiger charge is -2.57. The monoisotopic (exact) mass is 709 g/mol. The number of aromatic nitrogens is 4. The zero-order valence-electron chi connectivity index (χ0n) is 30.6. The minimum absolute atomic E-state index is 0.367. The highest BCUT2D eigenvalue weighted by atomic mass is 15.0. The van der Waals surface area contributed by atoms with Gasteiger partial charge in [0, 0.05) is 45.5 Å². The number of rotatable bonds is 6. The molecule has 0 atom stereocenters. The van der Waals surface area contributed by atoms with Gasteiger partial charge in [-0.3, -0.25) is 4.98 Å². The van der Waals surface area contributed by atoms with Gasteiger partial charge in [0.05, 0.1) is 29.0 Å². The Morgan fingerprint density at radius 2 is 1.22 bits per heavy atom. The number of pyridine rings is 1. The van der Waals surface area contributed by atoms with Gasteiger partial charge < -0.3 is 4.57 Å². The standard InChI is InChI=1S/C50H39N5/c1-51-41-16-18-42(19-17-41)55-47-10-3-2-9-43(47)44-20-13-37(26-48(44)55)36-6-4-7-38(25-36)46-27-45(53-49(54-46)39-8-5-21-52-31-39)35-11-14-40(15-12-35)50-28-32-22-33(29-50)24-34(23-32)30-50/h2-21,25-27,31-34H,22-24,28-30H2. The van der Waals surface area contributed by atoms with Gasteiger partial charge in [-0.05, 0) is 127 Å². The fraction of sp³-hybridized carbons (Fsp3) is 0.200. The molecule has 55 heavy (non-hydrogen) atoms. The highest BCUT2D eigenvalue weighted by molar-refractivity contribution is 6.10. The van der Waals surface area contributed by atoms with Crippen LogP contribution in [0.5, 0.6) is 0 Å². The van der Waals surface area contributed by atoms with Gasteiger partial charge in [-0.1, -0.05) is 84.9 Å². The molecule has 5 heteroatoms. The molecule has 0 unspecified atom stereocenters. The first-order valence-electron chi connectivity index (χ1n) is 19.6. The Kier molecular flexibility index (Phi) is 7.35. The van der Waals surface area contributed by atoms with Crippen molar-refractivity contribution >= 4 is 27.5 Å². The van der Waals surface area contributed by atoms with Gasteiger partial charge >= 0.3 is 0 Å². The highest BCUT2D eigenvalue weighted by Gasteiger charge is 2.51. The summed E-state index contributed by atoms with van der Waals surface area (Å²) in [5, 5.41) is 2.40. The molecule has 5 nitrogen and oxygen atoms in total. The van der Waals surface area contributed by atoms with E-state index in [1.165, 1.54) is 54.9 Å². The first-order valence-corrected chi connectivity index (χ1v) is 19.6. The summed E-state index contributed by atoms with van der Waals surface area (Å²) < 4.78 is 2.30. The van der Waals surface area contributed by atoms with Gasteiger partial charge in [-0.15, -0.1) is 0 Å². The summed E-state index contributed by atoms with van der Waals surface area (Å²) in [7, 11) is 0. The summed E-state index contributed by atoms with van der Waals surface area (Å²) in [4.78, 5) is 18.3. The van der Waals surface area contributed by atoms with Gasteiger partial charge in [-0.2, -0.15) is 0 Å². The van der Waals surface area contributed by atoms with E-state index in [9.17, 15) is 0 Å². The summed E-state index contributed by atoms with van der Waals surface area (Å²) in [5.74, 6) is 3.43. The third-order valence-corrected chi connectivity index (χ3v) is 12.9. The molecule has 0 saturated heterocycles. The fourth-order valence-corrected chi connectivity index (χ4v) is 10.8. The largest absolute Gasteiger partial charge is 0.309 e. The molecule has 8 aromatic rings. The Morgan fingerprint density at radius 1 is 0.564 bits per heavy atom. The summed E-state index contributed by atoms with van der Waals surface area (Å²) in [6.07, 6.45) is 12.1. The number of hydrogen-bond acceptors (Lipinski definition) is 3. The van der Waals surface area contributed by atoms with Crippen LogP contribution in [-0.4, -0.2) is 19.5 Å². The normalized spacial score (nSPS) is 21.3. The molecule has 3 heterocycles. The van der Waals surface area contributed by atoms with E-state index < -0.39 is 0 Å². The lowest BCUT2D eigenvalue weighted by atomic mass is 9.48. The summed E-state index contributed by atoms with van der Waals surface area (Å²) in [6, 6.07) is 47.4. The second-order valence-corrected chi connectivity index (χ2v) is 16.3. The Labute approximate surface area is 321 Å². The number of benzene rings is 5. The molecule has 0 aliphatic heterocycles. The SMILES string of the molecule is [C-]#[N+]c1ccc(-n2c3ccccc3c3ccc(-c4cccc(-c5cc(-c6ccc(C78CC9CC(CC(C9)C7)C8)cc6)nc(-c6cccnc6)n5)c4)cc32)cc1. The molecule has 4 fully saturated rings. The number of hydrogen-bond donors (Lipinski definition) is 0. The van der Waals surface area contributed by atoms with E-state index in [-0.39, 0.29) is 0 Å².